The topological polar surface area (TPSA) is 72.2 Å². The van der Waals surface area contributed by atoms with Gasteiger partial charge in [-0.2, -0.15) is 0 Å². The predicted octanol–water partition coefficient (Wildman–Crippen LogP) is 2.26. The summed E-state index contributed by atoms with van der Waals surface area (Å²) in [7, 11) is 0. The molecule has 0 bridgehead atoms. The molecule has 3 N–H and O–H groups in total. The fourth-order valence-electron chi connectivity index (χ4n) is 1.97. The van der Waals surface area contributed by atoms with Gasteiger partial charge in [-0.15, -0.1) is 0 Å². The molecule has 0 aliphatic carbocycles. The van der Waals surface area contributed by atoms with Gasteiger partial charge in [0.15, 0.2) is 0 Å². The van der Waals surface area contributed by atoms with Gasteiger partial charge in [0.1, 0.15) is 11.9 Å². The summed E-state index contributed by atoms with van der Waals surface area (Å²) in [4.78, 5) is 23.6. The molecule has 6 heteroatoms. The molecule has 0 saturated heterocycles. The highest BCUT2D eigenvalue weighted by Gasteiger charge is 2.19. The predicted molar refractivity (Wildman–Crippen MR) is 89.7 cm³/mol. The highest BCUT2D eigenvalue weighted by Crippen LogP contribution is 2.10. The number of primary amides is 1. The maximum Gasteiger partial charge on any atom is 0.251 e. The third-order valence-electron chi connectivity index (χ3n) is 3.08. The van der Waals surface area contributed by atoms with Crippen molar-refractivity contribution in [2.24, 2.45) is 5.73 Å². The number of halogens is 2. The summed E-state index contributed by atoms with van der Waals surface area (Å²) in [6.07, 6.45) is 0.305. The zero-order valence-electron chi connectivity index (χ0n) is 11.6. The van der Waals surface area contributed by atoms with E-state index in [0.717, 1.165) is 9.13 Å². The Hall–Kier alpha value is -1.96. The van der Waals surface area contributed by atoms with E-state index in [0.29, 0.717) is 6.42 Å². The fourth-order valence-corrected chi connectivity index (χ4v) is 2.57. The number of nitrogens with two attached hydrogens (primary N) is 1. The van der Waals surface area contributed by atoms with Gasteiger partial charge in [-0.3, -0.25) is 9.59 Å². The third-order valence-corrected chi connectivity index (χ3v) is 3.76. The highest BCUT2D eigenvalue weighted by molar-refractivity contribution is 14.1. The van der Waals surface area contributed by atoms with E-state index in [2.05, 4.69) is 27.9 Å². The van der Waals surface area contributed by atoms with Gasteiger partial charge in [-0.25, -0.2) is 4.39 Å². The Labute approximate surface area is 141 Å². The monoisotopic (exact) mass is 412 g/mol. The molecular weight excluding hydrogens is 398 g/mol. The molecule has 0 aliphatic rings. The van der Waals surface area contributed by atoms with E-state index >= 15 is 0 Å². The van der Waals surface area contributed by atoms with Gasteiger partial charge in [-0.1, -0.05) is 12.1 Å². The lowest BCUT2D eigenvalue weighted by atomic mass is 10.0. The Morgan fingerprint density at radius 3 is 2.45 bits per heavy atom. The molecule has 0 heterocycles. The number of rotatable bonds is 5. The zero-order chi connectivity index (χ0) is 16.1. The zero-order valence-corrected chi connectivity index (χ0v) is 13.7. The first-order chi connectivity index (χ1) is 10.5. The molecule has 0 unspecified atom stereocenters. The smallest absolute Gasteiger partial charge is 0.251 e. The van der Waals surface area contributed by atoms with Crippen LogP contribution in [0.15, 0.2) is 48.5 Å². The first-order valence-corrected chi connectivity index (χ1v) is 7.64. The van der Waals surface area contributed by atoms with Crippen molar-refractivity contribution in [2.75, 3.05) is 0 Å². The lowest BCUT2D eigenvalue weighted by Gasteiger charge is -2.16. The number of carbonyl (C=O) groups is 2. The first kappa shape index (κ1) is 16.4. The highest BCUT2D eigenvalue weighted by atomic mass is 127. The molecule has 0 radical (unpaired) electrons. The molecule has 0 fully saturated rings. The van der Waals surface area contributed by atoms with Crippen molar-refractivity contribution >= 4 is 34.4 Å². The summed E-state index contributed by atoms with van der Waals surface area (Å²) in [6, 6.07) is 11.8. The third kappa shape index (κ3) is 4.52. The van der Waals surface area contributed by atoms with E-state index in [9.17, 15) is 14.0 Å². The summed E-state index contributed by atoms with van der Waals surface area (Å²) in [6.45, 7) is 0. The van der Waals surface area contributed by atoms with Crippen molar-refractivity contribution in [3.63, 3.8) is 0 Å². The van der Waals surface area contributed by atoms with Gasteiger partial charge in [0.25, 0.3) is 5.91 Å². The minimum Gasteiger partial charge on any atom is -0.368 e. The van der Waals surface area contributed by atoms with Crippen LogP contribution in [0.1, 0.15) is 15.9 Å². The lowest BCUT2D eigenvalue weighted by molar-refractivity contribution is -0.119. The van der Waals surface area contributed by atoms with Gasteiger partial charge in [0, 0.05) is 15.6 Å². The van der Waals surface area contributed by atoms with Crippen LogP contribution in [0.25, 0.3) is 0 Å². The van der Waals surface area contributed by atoms with Gasteiger partial charge in [0.2, 0.25) is 5.91 Å². The second-order valence-corrected chi connectivity index (χ2v) is 6.01. The Bertz CT molecular complexity index is 689. The number of amides is 2. The summed E-state index contributed by atoms with van der Waals surface area (Å²) in [5.41, 5.74) is 6.53. The Morgan fingerprint density at radius 2 is 1.86 bits per heavy atom. The molecule has 22 heavy (non-hydrogen) atoms. The van der Waals surface area contributed by atoms with Crippen LogP contribution in [0, 0.1) is 9.39 Å². The van der Waals surface area contributed by atoms with Gasteiger partial charge < -0.3 is 11.1 Å². The standard InChI is InChI=1S/C16H14FIN2O2/c17-12-6-4-11(5-7-12)16(22)20-14(15(19)21)9-10-2-1-3-13(18)8-10/h1-8,14H,9H2,(H2,19,21)(H,20,22)/t14-/m1/s1. The average molecular weight is 412 g/mol. The van der Waals surface area contributed by atoms with Crippen LogP contribution >= 0.6 is 22.6 Å². The summed E-state index contributed by atoms with van der Waals surface area (Å²) >= 11 is 2.17. The summed E-state index contributed by atoms with van der Waals surface area (Å²) in [5, 5.41) is 2.58. The normalized spacial score (nSPS) is 11.7. The SMILES string of the molecule is NC(=O)[C@@H](Cc1cccc(I)c1)NC(=O)c1ccc(F)cc1. The molecule has 2 rings (SSSR count). The summed E-state index contributed by atoms with van der Waals surface area (Å²) in [5.74, 6) is -1.51. The Morgan fingerprint density at radius 1 is 1.18 bits per heavy atom. The number of hydrogen-bond acceptors (Lipinski definition) is 2. The van der Waals surface area contributed by atoms with E-state index in [4.69, 9.17) is 5.73 Å². The number of hydrogen-bond donors (Lipinski definition) is 2. The maximum atomic E-state index is 12.9. The Balaban J connectivity index is 2.10. The van der Waals surface area contributed by atoms with E-state index in [1.54, 1.807) is 0 Å². The quantitative estimate of drug-likeness (QED) is 0.740. The molecule has 2 aromatic carbocycles. The lowest BCUT2D eigenvalue weighted by Crippen LogP contribution is -2.45. The molecular formula is C16H14FIN2O2. The van der Waals surface area contributed by atoms with E-state index in [1.807, 2.05) is 24.3 Å². The molecule has 0 saturated carbocycles. The average Bonchev–Trinajstić information content (AvgIpc) is 2.47. The van der Waals surface area contributed by atoms with Crippen molar-refractivity contribution in [2.45, 2.75) is 12.5 Å². The second kappa shape index (κ2) is 7.35. The minimum absolute atomic E-state index is 0.273. The molecule has 2 amide bonds. The van der Waals surface area contributed by atoms with Crippen LogP contribution < -0.4 is 11.1 Å². The number of nitrogens with one attached hydrogen (secondary N) is 1. The largest absolute Gasteiger partial charge is 0.368 e. The van der Waals surface area contributed by atoms with Crippen LogP contribution in [0.4, 0.5) is 4.39 Å². The van der Waals surface area contributed by atoms with Crippen molar-refractivity contribution in [3.05, 3.63) is 69.0 Å². The van der Waals surface area contributed by atoms with Gasteiger partial charge >= 0.3 is 0 Å². The molecule has 2 aromatic rings. The van der Waals surface area contributed by atoms with E-state index < -0.39 is 23.7 Å². The van der Waals surface area contributed by atoms with Crippen LogP contribution in [-0.4, -0.2) is 17.9 Å². The first-order valence-electron chi connectivity index (χ1n) is 6.56. The van der Waals surface area contributed by atoms with Gasteiger partial charge in [0.05, 0.1) is 0 Å². The molecule has 0 aromatic heterocycles. The van der Waals surface area contributed by atoms with E-state index in [1.165, 1.54) is 24.3 Å². The number of benzene rings is 2. The van der Waals surface area contributed by atoms with Crippen LogP contribution in [0.2, 0.25) is 0 Å². The van der Waals surface area contributed by atoms with Crippen LogP contribution in [0.5, 0.6) is 0 Å². The van der Waals surface area contributed by atoms with Crippen molar-refractivity contribution in [3.8, 4) is 0 Å². The molecule has 4 nitrogen and oxygen atoms in total. The van der Waals surface area contributed by atoms with Gasteiger partial charge in [-0.05, 0) is 64.6 Å². The van der Waals surface area contributed by atoms with Crippen molar-refractivity contribution in [1.29, 1.82) is 0 Å². The molecule has 0 spiro atoms. The second-order valence-electron chi connectivity index (χ2n) is 4.77. The van der Waals surface area contributed by atoms with Crippen molar-refractivity contribution in [1.82, 2.24) is 5.32 Å². The molecule has 1 atom stereocenters. The molecule has 0 aliphatic heterocycles. The number of carbonyl (C=O) groups excluding carboxylic acids is 2. The van der Waals surface area contributed by atoms with E-state index in [-0.39, 0.29) is 5.56 Å². The van der Waals surface area contributed by atoms with Crippen LogP contribution in [-0.2, 0) is 11.2 Å². The van der Waals surface area contributed by atoms with Crippen molar-refractivity contribution < 1.29 is 14.0 Å². The molecule has 114 valence electrons. The summed E-state index contributed by atoms with van der Waals surface area (Å²) < 4.78 is 13.9. The minimum atomic E-state index is -0.823. The maximum absolute atomic E-state index is 12.9. The fraction of sp³-hybridized carbons (Fsp3) is 0.125. The Kier molecular flexibility index (Phi) is 5.48. The van der Waals surface area contributed by atoms with Crippen LogP contribution in [0.3, 0.4) is 0 Å².